The summed E-state index contributed by atoms with van der Waals surface area (Å²) in [5, 5.41) is 5.35. The minimum absolute atomic E-state index is 0.129. The van der Waals surface area contributed by atoms with Crippen molar-refractivity contribution in [2.75, 3.05) is 27.2 Å². The maximum Gasteiger partial charge on any atom is 0.254 e. The van der Waals surface area contributed by atoms with E-state index in [0.29, 0.717) is 22.6 Å². The average molecular weight is 466 g/mol. The van der Waals surface area contributed by atoms with Crippen LogP contribution in [0, 0.1) is 0 Å². The number of amides is 4. The molecule has 1 aromatic carbocycles. The highest BCUT2D eigenvalue weighted by Crippen LogP contribution is 2.09. The summed E-state index contributed by atoms with van der Waals surface area (Å²) < 4.78 is 10.3. The lowest BCUT2D eigenvalue weighted by atomic mass is 10.1. The molecule has 0 saturated heterocycles. The van der Waals surface area contributed by atoms with Crippen molar-refractivity contribution in [2.45, 2.75) is 13.1 Å². The van der Waals surface area contributed by atoms with Crippen molar-refractivity contribution < 1.29 is 28.0 Å². The van der Waals surface area contributed by atoms with Gasteiger partial charge in [0.1, 0.15) is 11.5 Å². The molecule has 3 rings (SSSR count). The van der Waals surface area contributed by atoms with E-state index < -0.39 is 0 Å². The summed E-state index contributed by atoms with van der Waals surface area (Å²) >= 11 is 0. The standard InChI is InChI=1S/C24H26N4O6/c1-27(15-21(29)25-13-19-5-3-11-33-19)23(31)17-7-9-18(10-8-17)24(32)28(2)16-22(30)26-14-20-6-4-12-34-20/h3-12H,13-16H2,1-2H3,(H,25,29)(H,26,30). The number of benzene rings is 1. The molecule has 0 fully saturated rings. The van der Waals surface area contributed by atoms with Crippen LogP contribution < -0.4 is 10.6 Å². The van der Waals surface area contributed by atoms with E-state index in [1.807, 2.05) is 0 Å². The van der Waals surface area contributed by atoms with Crippen molar-refractivity contribution in [3.05, 3.63) is 83.7 Å². The largest absolute Gasteiger partial charge is 0.467 e. The van der Waals surface area contributed by atoms with Crippen molar-refractivity contribution in [1.82, 2.24) is 20.4 Å². The van der Waals surface area contributed by atoms with Gasteiger partial charge in [0.25, 0.3) is 11.8 Å². The Morgan fingerprint density at radius 1 is 0.676 bits per heavy atom. The van der Waals surface area contributed by atoms with E-state index in [-0.39, 0.29) is 49.8 Å². The van der Waals surface area contributed by atoms with Crippen LogP contribution in [-0.2, 0) is 22.7 Å². The number of nitrogens with one attached hydrogen (secondary N) is 2. The lowest BCUT2D eigenvalue weighted by molar-refractivity contribution is -0.122. The van der Waals surface area contributed by atoms with Gasteiger partial charge in [-0.3, -0.25) is 19.2 Å². The van der Waals surface area contributed by atoms with Crippen LogP contribution in [0.4, 0.5) is 0 Å². The Labute approximate surface area is 196 Å². The summed E-state index contributed by atoms with van der Waals surface area (Å²) in [4.78, 5) is 51.9. The fourth-order valence-electron chi connectivity index (χ4n) is 3.08. The van der Waals surface area contributed by atoms with Crippen LogP contribution in [0.5, 0.6) is 0 Å². The van der Waals surface area contributed by atoms with Gasteiger partial charge < -0.3 is 29.3 Å². The zero-order valence-corrected chi connectivity index (χ0v) is 18.9. The molecule has 0 aliphatic rings. The summed E-state index contributed by atoms with van der Waals surface area (Å²) in [5.74, 6) is -0.155. The first-order valence-electron chi connectivity index (χ1n) is 10.5. The Morgan fingerprint density at radius 2 is 1.06 bits per heavy atom. The molecular weight excluding hydrogens is 440 g/mol. The number of hydrogen-bond donors (Lipinski definition) is 2. The van der Waals surface area contributed by atoms with Gasteiger partial charge in [-0.25, -0.2) is 0 Å². The summed E-state index contributed by atoms with van der Waals surface area (Å²) in [6, 6.07) is 13.0. The van der Waals surface area contributed by atoms with Gasteiger partial charge in [0.2, 0.25) is 11.8 Å². The summed E-state index contributed by atoms with van der Waals surface area (Å²) in [6.45, 7) is 0.213. The number of nitrogens with zero attached hydrogens (tertiary/aromatic N) is 2. The molecular formula is C24H26N4O6. The molecule has 2 heterocycles. The maximum absolute atomic E-state index is 12.6. The minimum atomic E-state index is -0.363. The lowest BCUT2D eigenvalue weighted by Crippen LogP contribution is -2.38. The van der Waals surface area contributed by atoms with E-state index >= 15 is 0 Å². The first-order chi connectivity index (χ1) is 16.3. The molecule has 3 aromatic rings. The fourth-order valence-corrected chi connectivity index (χ4v) is 3.08. The summed E-state index contributed by atoms with van der Waals surface area (Å²) in [7, 11) is 3.03. The van der Waals surface area contributed by atoms with Crippen LogP contribution in [0.25, 0.3) is 0 Å². The monoisotopic (exact) mass is 466 g/mol. The van der Waals surface area contributed by atoms with E-state index in [9.17, 15) is 19.2 Å². The zero-order chi connectivity index (χ0) is 24.5. The molecule has 34 heavy (non-hydrogen) atoms. The van der Waals surface area contributed by atoms with Gasteiger partial charge in [-0.1, -0.05) is 0 Å². The highest BCUT2D eigenvalue weighted by atomic mass is 16.3. The molecule has 10 nitrogen and oxygen atoms in total. The molecule has 2 aromatic heterocycles. The van der Waals surface area contributed by atoms with Gasteiger partial charge >= 0.3 is 0 Å². The minimum Gasteiger partial charge on any atom is -0.467 e. The molecule has 0 saturated carbocycles. The summed E-state index contributed by atoms with van der Waals surface area (Å²) in [5.41, 5.74) is 0.661. The zero-order valence-electron chi connectivity index (χ0n) is 18.9. The second kappa shape index (κ2) is 11.5. The predicted octanol–water partition coefficient (Wildman–Crippen LogP) is 1.65. The quantitative estimate of drug-likeness (QED) is 0.468. The Morgan fingerprint density at radius 3 is 1.38 bits per heavy atom. The Kier molecular flexibility index (Phi) is 8.22. The highest BCUT2D eigenvalue weighted by molar-refractivity contribution is 5.99. The first kappa shape index (κ1) is 24.3. The normalized spacial score (nSPS) is 10.4. The smallest absolute Gasteiger partial charge is 0.254 e. The van der Waals surface area contributed by atoms with Gasteiger partial charge in [-0.2, -0.15) is 0 Å². The molecule has 2 N–H and O–H groups in total. The van der Waals surface area contributed by atoms with E-state index in [1.54, 1.807) is 24.3 Å². The Bertz CT molecular complexity index is 1020. The number of likely N-dealkylation sites (N-methyl/N-ethyl adjacent to an activating group) is 2. The van der Waals surface area contributed by atoms with E-state index in [2.05, 4.69) is 10.6 Å². The molecule has 0 atom stereocenters. The molecule has 0 radical (unpaired) electrons. The van der Waals surface area contributed by atoms with Crippen LogP contribution >= 0.6 is 0 Å². The van der Waals surface area contributed by atoms with Crippen LogP contribution in [0.2, 0.25) is 0 Å². The van der Waals surface area contributed by atoms with E-state index in [1.165, 1.54) is 60.7 Å². The van der Waals surface area contributed by atoms with Crippen LogP contribution in [-0.4, -0.2) is 60.6 Å². The third-order valence-electron chi connectivity index (χ3n) is 4.91. The van der Waals surface area contributed by atoms with Gasteiger partial charge in [0, 0.05) is 25.2 Å². The molecule has 0 unspecified atom stereocenters. The van der Waals surface area contributed by atoms with Crippen LogP contribution in [0.3, 0.4) is 0 Å². The molecule has 4 amide bonds. The molecule has 0 bridgehead atoms. The molecule has 178 valence electrons. The number of rotatable bonds is 10. The molecule has 0 aliphatic heterocycles. The first-order valence-corrected chi connectivity index (χ1v) is 10.5. The third kappa shape index (κ3) is 6.83. The van der Waals surface area contributed by atoms with Crippen molar-refractivity contribution in [3.8, 4) is 0 Å². The molecule has 0 spiro atoms. The molecule has 0 aliphatic carbocycles. The number of furan rings is 2. The van der Waals surface area contributed by atoms with Crippen LogP contribution in [0.15, 0.2) is 69.9 Å². The SMILES string of the molecule is CN(CC(=O)NCc1ccco1)C(=O)c1ccc(C(=O)N(C)CC(=O)NCc2ccco2)cc1. The third-order valence-corrected chi connectivity index (χ3v) is 4.91. The van der Waals surface area contributed by atoms with Gasteiger partial charge in [0.05, 0.1) is 38.7 Å². The number of carbonyl (C=O) groups is 4. The Hall–Kier alpha value is -4.34. The second-order valence-electron chi connectivity index (χ2n) is 7.61. The van der Waals surface area contributed by atoms with Gasteiger partial charge in [-0.05, 0) is 48.5 Å². The van der Waals surface area contributed by atoms with Crippen molar-refractivity contribution in [3.63, 3.8) is 0 Å². The van der Waals surface area contributed by atoms with Gasteiger partial charge in [0.15, 0.2) is 0 Å². The summed E-state index contributed by atoms with van der Waals surface area (Å²) in [6.07, 6.45) is 3.03. The molecule has 10 heteroatoms. The van der Waals surface area contributed by atoms with E-state index in [0.717, 1.165) is 0 Å². The Balaban J connectivity index is 1.47. The predicted molar refractivity (Wildman–Crippen MR) is 121 cm³/mol. The topological polar surface area (TPSA) is 125 Å². The number of carbonyl (C=O) groups excluding carboxylic acids is 4. The van der Waals surface area contributed by atoms with Crippen molar-refractivity contribution >= 4 is 23.6 Å². The van der Waals surface area contributed by atoms with Crippen molar-refractivity contribution in [1.29, 1.82) is 0 Å². The van der Waals surface area contributed by atoms with Crippen molar-refractivity contribution in [2.24, 2.45) is 0 Å². The fraction of sp³-hybridized carbons (Fsp3) is 0.250. The highest BCUT2D eigenvalue weighted by Gasteiger charge is 2.18. The number of hydrogen-bond acceptors (Lipinski definition) is 6. The van der Waals surface area contributed by atoms with Crippen LogP contribution in [0.1, 0.15) is 32.2 Å². The van der Waals surface area contributed by atoms with E-state index in [4.69, 9.17) is 8.83 Å². The lowest BCUT2D eigenvalue weighted by Gasteiger charge is -2.18. The van der Waals surface area contributed by atoms with Gasteiger partial charge in [-0.15, -0.1) is 0 Å². The maximum atomic E-state index is 12.6. The average Bonchev–Trinajstić information content (AvgIpc) is 3.55. The second-order valence-corrected chi connectivity index (χ2v) is 7.61.